The number of nitrogens with one attached hydrogen (secondary N) is 1. The molecule has 1 fully saturated rings. The van der Waals surface area contributed by atoms with Crippen LogP contribution in [0.2, 0.25) is 0 Å². The number of hydrogen-bond donors (Lipinski definition) is 2. The van der Waals surface area contributed by atoms with Crippen molar-refractivity contribution < 1.29 is 14.6 Å². The van der Waals surface area contributed by atoms with Crippen molar-refractivity contribution >= 4 is 0 Å². The number of aliphatic hydroxyl groups is 1. The van der Waals surface area contributed by atoms with E-state index in [0.29, 0.717) is 13.2 Å². The van der Waals surface area contributed by atoms with Crippen molar-refractivity contribution in [2.45, 2.75) is 37.9 Å². The van der Waals surface area contributed by atoms with Crippen LogP contribution in [0.3, 0.4) is 0 Å². The molecule has 0 spiro atoms. The van der Waals surface area contributed by atoms with E-state index in [-0.39, 0.29) is 5.60 Å². The topological polar surface area (TPSA) is 50.7 Å². The monoisotopic (exact) mass is 217 g/mol. The minimum absolute atomic E-state index is 0.191. The van der Waals surface area contributed by atoms with Crippen LogP contribution in [-0.4, -0.2) is 49.7 Å². The second kappa shape index (κ2) is 5.25. The summed E-state index contributed by atoms with van der Waals surface area (Å²) in [7, 11) is 1.72. The predicted molar refractivity (Wildman–Crippen MR) is 59.0 cm³/mol. The molecule has 0 bridgehead atoms. The van der Waals surface area contributed by atoms with Crippen molar-refractivity contribution in [2.75, 3.05) is 33.4 Å². The number of ether oxygens (including phenoxy) is 2. The van der Waals surface area contributed by atoms with Crippen LogP contribution in [0.4, 0.5) is 0 Å². The molecule has 2 atom stereocenters. The summed E-state index contributed by atoms with van der Waals surface area (Å²) in [5.41, 5.74) is -0.821. The average molecular weight is 217 g/mol. The summed E-state index contributed by atoms with van der Waals surface area (Å²) in [6, 6.07) is 0. The zero-order valence-electron chi connectivity index (χ0n) is 10.0. The molecule has 0 aromatic rings. The van der Waals surface area contributed by atoms with E-state index in [9.17, 15) is 5.11 Å². The first-order chi connectivity index (χ1) is 7.04. The van der Waals surface area contributed by atoms with E-state index in [4.69, 9.17) is 9.47 Å². The highest BCUT2D eigenvalue weighted by Gasteiger charge is 2.34. The number of rotatable bonds is 6. The largest absolute Gasteiger partial charge is 0.389 e. The smallest absolute Gasteiger partial charge is 0.106 e. The molecule has 2 unspecified atom stereocenters. The molecule has 1 saturated heterocycles. The lowest BCUT2D eigenvalue weighted by Crippen LogP contribution is -2.47. The molecule has 4 heteroatoms. The summed E-state index contributed by atoms with van der Waals surface area (Å²) < 4.78 is 10.8. The summed E-state index contributed by atoms with van der Waals surface area (Å²) in [5, 5.41) is 13.1. The van der Waals surface area contributed by atoms with Gasteiger partial charge in [0.05, 0.1) is 12.2 Å². The van der Waals surface area contributed by atoms with Crippen LogP contribution in [0.5, 0.6) is 0 Å². The minimum atomic E-state index is -0.631. The van der Waals surface area contributed by atoms with Gasteiger partial charge in [-0.15, -0.1) is 0 Å². The normalized spacial score (nSPS) is 30.4. The van der Waals surface area contributed by atoms with Gasteiger partial charge in [-0.05, 0) is 13.3 Å². The Hall–Kier alpha value is -0.160. The Balaban J connectivity index is 2.29. The van der Waals surface area contributed by atoms with E-state index in [1.54, 1.807) is 7.11 Å². The molecule has 0 saturated carbocycles. The molecule has 15 heavy (non-hydrogen) atoms. The van der Waals surface area contributed by atoms with Gasteiger partial charge in [-0.3, -0.25) is 0 Å². The molecule has 0 aromatic carbocycles. The average Bonchev–Trinajstić information content (AvgIpc) is 2.67. The lowest BCUT2D eigenvalue weighted by molar-refractivity contribution is -0.0215. The van der Waals surface area contributed by atoms with Gasteiger partial charge in [0.2, 0.25) is 0 Å². The molecule has 1 aliphatic heterocycles. The standard InChI is InChI=1S/C11H23NO3/c1-4-10(2,13)7-12-8-11(14-3)5-6-15-9-11/h12-13H,4-9H2,1-3H3. The second-order valence-corrected chi connectivity index (χ2v) is 4.64. The van der Waals surface area contributed by atoms with E-state index in [1.807, 2.05) is 13.8 Å². The van der Waals surface area contributed by atoms with Crippen LogP contribution in [0.25, 0.3) is 0 Å². The van der Waals surface area contributed by atoms with Crippen LogP contribution < -0.4 is 5.32 Å². The third-order valence-corrected chi connectivity index (χ3v) is 3.21. The molecular formula is C11H23NO3. The first-order valence-corrected chi connectivity index (χ1v) is 5.60. The molecule has 90 valence electrons. The molecule has 0 aromatic heterocycles. The first kappa shape index (κ1) is 12.9. The first-order valence-electron chi connectivity index (χ1n) is 5.60. The Morgan fingerprint density at radius 2 is 2.33 bits per heavy atom. The fourth-order valence-electron chi connectivity index (χ4n) is 1.65. The fourth-order valence-corrected chi connectivity index (χ4v) is 1.65. The molecule has 0 amide bonds. The van der Waals surface area contributed by atoms with Gasteiger partial charge in [0.25, 0.3) is 0 Å². The Kier molecular flexibility index (Phi) is 4.52. The molecule has 4 nitrogen and oxygen atoms in total. The van der Waals surface area contributed by atoms with E-state index in [0.717, 1.165) is 26.0 Å². The van der Waals surface area contributed by atoms with Crippen molar-refractivity contribution in [3.8, 4) is 0 Å². The summed E-state index contributed by atoms with van der Waals surface area (Å²) in [4.78, 5) is 0. The SMILES string of the molecule is CCC(C)(O)CNCC1(OC)CCOC1. The highest BCUT2D eigenvalue weighted by molar-refractivity contribution is 4.88. The summed E-state index contributed by atoms with van der Waals surface area (Å²) in [6.45, 7) is 6.55. The maximum absolute atomic E-state index is 9.82. The number of hydrogen-bond acceptors (Lipinski definition) is 4. The Morgan fingerprint density at radius 1 is 1.60 bits per heavy atom. The summed E-state index contributed by atoms with van der Waals surface area (Å²) in [6.07, 6.45) is 1.67. The van der Waals surface area contributed by atoms with E-state index in [1.165, 1.54) is 0 Å². The zero-order valence-corrected chi connectivity index (χ0v) is 10.0. The van der Waals surface area contributed by atoms with Gasteiger partial charge in [0, 0.05) is 33.2 Å². The molecule has 1 heterocycles. The van der Waals surface area contributed by atoms with Crippen LogP contribution >= 0.6 is 0 Å². The molecule has 1 aliphatic rings. The predicted octanol–water partition coefficient (Wildman–Crippen LogP) is 0.542. The van der Waals surface area contributed by atoms with Gasteiger partial charge in [0.1, 0.15) is 5.60 Å². The zero-order chi connectivity index (χ0) is 11.4. The lowest BCUT2D eigenvalue weighted by Gasteiger charge is -2.29. The van der Waals surface area contributed by atoms with E-state index < -0.39 is 5.60 Å². The molecule has 0 radical (unpaired) electrons. The highest BCUT2D eigenvalue weighted by atomic mass is 16.5. The Morgan fingerprint density at radius 3 is 2.80 bits per heavy atom. The van der Waals surface area contributed by atoms with Gasteiger partial charge >= 0.3 is 0 Å². The van der Waals surface area contributed by atoms with Gasteiger partial charge < -0.3 is 19.9 Å². The second-order valence-electron chi connectivity index (χ2n) is 4.64. The van der Waals surface area contributed by atoms with Gasteiger partial charge in [-0.2, -0.15) is 0 Å². The fraction of sp³-hybridized carbons (Fsp3) is 1.00. The van der Waals surface area contributed by atoms with Crippen molar-refractivity contribution in [1.29, 1.82) is 0 Å². The van der Waals surface area contributed by atoms with Gasteiger partial charge in [0.15, 0.2) is 0 Å². The van der Waals surface area contributed by atoms with Crippen molar-refractivity contribution in [2.24, 2.45) is 0 Å². The van der Waals surface area contributed by atoms with Gasteiger partial charge in [-0.1, -0.05) is 6.92 Å². The molecule has 2 N–H and O–H groups in total. The Labute approximate surface area is 92.0 Å². The molecule has 0 aliphatic carbocycles. The third-order valence-electron chi connectivity index (χ3n) is 3.21. The van der Waals surface area contributed by atoms with Crippen LogP contribution in [0.15, 0.2) is 0 Å². The van der Waals surface area contributed by atoms with E-state index >= 15 is 0 Å². The maximum atomic E-state index is 9.82. The van der Waals surface area contributed by atoms with Gasteiger partial charge in [-0.25, -0.2) is 0 Å². The highest BCUT2D eigenvalue weighted by Crippen LogP contribution is 2.21. The third kappa shape index (κ3) is 3.72. The van der Waals surface area contributed by atoms with Crippen LogP contribution in [0.1, 0.15) is 26.7 Å². The van der Waals surface area contributed by atoms with Crippen LogP contribution in [-0.2, 0) is 9.47 Å². The van der Waals surface area contributed by atoms with Crippen molar-refractivity contribution in [3.63, 3.8) is 0 Å². The summed E-state index contributed by atoms with van der Waals surface area (Å²) in [5.74, 6) is 0. The maximum Gasteiger partial charge on any atom is 0.106 e. The molecule has 1 rings (SSSR count). The summed E-state index contributed by atoms with van der Waals surface area (Å²) >= 11 is 0. The van der Waals surface area contributed by atoms with Crippen molar-refractivity contribution in [3.05, 3.63) is 0 Å². The molecular weight excluding hydrogens is 194 g/mol. The lowest BCUT2D eigenvalue weighted by atomic mass is 10.0. The van der Waals surface area contributed by atoms with Crippen LogP contribution in [0, 0.1) is 0 Å². The van der Waals surface area contributed by atoms with Crippen molar-refractivity contribution in [1.82, 2.24) is 5.32 Å². The minimum Gasteiger partial charge on any atom is -0.389 e. The quantitative estimate of drug-likeness (QED) is 0.682. The Bertz CT molecular complexity index is 188. The number of methoxy groups -OCH3 is 1. The van der Waals surface area contributed by atoms with E-state index in [2.05, 4.69) is 5.32 Å².